The average Bonchev–Trinajstić information content (AvgIpc) is 2.75. The molecule has 0 radical (unpaired) electrons. The highest BCUT2D eigenvalue weighted by molar-refractivity contribution is 5.85. The van der Waals surface area contributed by atoms with E-state index in [-0.39, 0.29) is 36.8 Å². The zero-order valence-corrected chi connectivity index (χ0v) is 11.9. The summed E-state index contributed by atoms with van der Waals surface area (Å²) in [6, 6.07) is 0.590. The van der Waals surface area contributed by atoms with Crippen LogP contribution in [-0.2, 0) is 9.59 Å². The van der Waals surface area contributed by atoms with Crippen molar-refractivity contribution in [3.63, 3.8) is 0 Å². The Labute approximate surface area is 115 Å². The van der Waals surface area contributed by atoms with Crippen molar-refractivity contribution < 1.29 is 9.59 Å². The molecule has 0 aromatic carbocycles. The molecule has 1 heterocycles. The number of carbonyl (C=O) groups is 2. The second-order valence-electron chi connectivity index (χ2n) is 4.83. The maximum Gasteiger partial charge on any atom is 0.239 e. The molecule has 2 amide bonds. The molecule has 18 heavy (non-hydrogen) atoms. The van der Waals surface area contributed by atoms with E-state index in [1.807, 2.05) is 13.8 Å². The van der Waals surface area contributed by atoms with E-state index in [9.17, 15) is 9.59 Å². The molecular formula is C12H24ClN3O2. The smallest absolute Gasteiger partial charge is 0.239 e. The lowest BCUT2D eigenvalue weighted by Crippen LogP contribution is -2.40. The maximum atomic E-state index is 11.5. The molecule has 1 unspecified atom stereocenters. The first-order chi connectivity index (χ1) is 8.08. The number of hydrogen-bond donors (Lipinski definition) is 3. The molecule has 0 bridgehead atoms. The summed E-state index contributed by atoms with van der Waals surface area (Å²) in [7, 11) is 0. The molecule has 6 heteroatoms. The molecule has 1 fully saturated rings. The van der Waals surface area contributed by atoms with Crippen LogP contribution >= 0.6 is 12.4 Å². The number of amides is 2. The molecule has 0 saturated carbocycles. The fourth-order valence-electron chi connectivity index (χ4n) is 1.95. The van der Waals surface area contributed by atoms with Crippen LogP contribution in [0, 0.1) is 0 Å². The number of hydrogen-bond acceptors (Lipinski definition) is 3. The van der Waals surface area contributed by atoms with Crippen molar-refractivity contribution in [1.82, 2.24) is 16.0 Å². The summed E-state index contributed by atoms with van der Waals surface area (Å²) >= 11 is 0. The number of carbonyl (C=O) groups excluding carboxylic acids is 2. The van der Waals surface area contributed by atoms with Crippen molar-refractivity contribution >= 4 is 24.2 Å². The minimum absolute atomic E-state index is 0. The van der Waals surface area contributed by atoms with Crippen LogP contribution in [0.5, 0.6) is 0 Å². The van der Waals surface area contributed by atoms with Crippen LogP contribution in [0.2, 0.25) is 0 Å². The van der Waals surface area contributed by atoms with Gasteiger partial charge in [-0.1, -0.05) is 0 Å². The van der Waals surface area contributed by atoms with Gasteiger partial charge >= 0.3 is 0 Å². The summed E-state index contributed by atoms with van der Waals surface area (Å²) in [5.41, 5.74) is 0. The maximum absolute atomic E-state index is 11.5. The lowest BCUT2D eigenvalue weighted by molar-refractivity contribution is -0.126. The highest BCUT2D eigenvalue weighted by atomic mass is 35.5. The van der Waals surface area contributed by atoms with Gasteiger partial charge in [-0.2, -0.15) is 0 Å². The van der Waals surface area contributed by atoms with Crippen molar-refractivity contribution in [2.75, 3.05) is 13.1 Å². The van der Waals surface area contributed by atoms with Gasteiger partial charge in [0.05, 0.1) is 6.54 Å². The predicted molar refractivity (Wildman–Crippen MR) is 73.8 cm³/mol. The zero-order chi connectivity index (χ0) is 12.7. The Morgan fingerprint density at radius 2 is 2.06 bits per heavy atom. The van der Waals surface area contributed by atoms with Crippen LogP contribution in [0.25, 0.3) is 0 Å². The first-order valence-corrected chi connectivity index (χ1v) is 6.37. The SMILES string of the molecule is CC(C)NC(=O)CNC(=O)CCC1CCCN1.Cl. The van der Waals surface area contributed by atoms with E-state index in [4.69, 9.17) is 0 Å². The van der Waals surface area contributed by atoms with E-state index in [0.717, 1.165) is 19.4 Å². The highest BCUT2D eigenvalue weighted by Crippen LogP contribution is 2.10. The van der Waals surface area contributed by atoms with Gasteiger partial charge in [0.15, 0.2) is 0 Å². The summed E-state index contributed by atoms with van der Waals surface area (Å²) in [4.78, 5) is 22.8. The Bertz CT molecular complexity index is 266. The van der Waals surface area contributed by atoms with E-state index in [1.54, 1.807) is 0 Å². The van der Waals surface area contributed by atoms with Crippen molar-refractivity contribution in [3.05, 3.63) is 0 Å². The molecular weight excluding hydrogens is 254 g/mol. The zero-order valence-electron chi connectivity index (χ0n) is 11.1. The fraction of sp³-hybridized carbons (Fsp3) is 0.833. The third kappa shape index (κ3) is 7.50. The Kier molecular flexibility index (Phi) is 8.75. The minimum atomic E-state index is -0.132. The molecule has 3 N–H and O–H groups in total. The predicted octanol–water partition coefficient (Wildman–Crippen LogP) is 0.581. The Hall–Kier alpha value is -0.810. The molecule has 0 aliphatic carbocycles. The summed E-state index contributed by atoms with van der Waals surface area (Å²) < 4.78 is 0. The van der Waals surface area contributed by atoms with Crippen LogP contribution in [0.15, 0.2) is 0 Å². The minimum Gasteiger partial charge on any atom is -0.352 e. The molecule has 1 atom stereocenters. The molecule has 1 rings (SSSR count). The second-order valence-corrected chi connectivity index (χ2v) is 4.83. The summed E-state index contributed by atoms with van der Waals surface area (Å²) in [6.07, 6.45) is 3.70. The van der Waals surface area contributed by atoms with Gasteiger partial charge in [0, 0.05) is 18.5 Å². The van der Waals surface area contributed by atoms with Crippen molar-refractivity contribution in [2.45, 2.75) is 51.6 Å². The van der Waals surface area contributed by atoms with Crippen LogP contribution < -0.4 is 16.0 Å². The summed E-state index contributed by atoms with van der Waals surface area (Å²) in [6.45, 7) is 4.93. The van der Waals surface area contributed by atoms with Crippen molar-refractivity contribution in [1.29, 1.82) is 0 Å². The fourth-order valence-corrected chi connectivity index (χ4v) is 1.95. The van der Waals surface area contributed by atoms with Gasteiger partial charge in [-0.15, -0.1) is 12.4 Å². The molecule has 1 aliphatic heterocycles. The van der Waals surface area contributed by atoms with Crippen LogP contribution in [0.1, 0.15) is 39.5 Å². The van der Waals surface area contributed by atoms with Gasteiger partial charge < -0.3 is 16.0 Å². The Morgan fingerprint density at radius 3 is 2.61 bits per heavy atom. The molecule has 1 aliphatic rings. The third-order valence-electron chi connectivity index (χ3n) is 2.78. The van der Waals surface area contributed by atoms with Gasteiger partial charge in [-0.05, 0) is 39.7 Å². The van der Waals surface area contributed by atoms with E-state index in [1.165, 1.54) is 6.42 Å². The quantitative estimate of drug-likeness (QED) is 0.665. The standard InChI is InChI=1S/C12H23N3O2.ClH/c1-9(2)15-12(17)8-14-11(16)6-5-10-4-3-7-13-10;/h9-10,13H,3-8H2,1-2H3,(H,14,16)(H,15,17);1H. The van der Waals surface area contributed by atoms with Crippen LogP contribution in [0.4, 0.5) is 0 Å². The van der Waals surface area contributed by atoms with E-state index in [2.05, 4.69) is 16.0 Å². The van der Waals surface area contributed by atoms with Crippen LogP contribution in [-0.4, -0.2) is 37.0 Å². The lowest BCUT2D eigenvalue weighted by Gasteiger charge is -2.11. The van der Waals surface area contributed by atoms with Gasteiger partial charge in [-0.3, -0.25) is 9.59 Å². The molecule has 106 valence electrons. The Morgan fingerprint density at radius 1 is 1.33 bits per heavy atom. The van der Waals surface area contributed by atoms with Gasteiger partial charge in [0.25, 0.3) is 0 Å². The topological polar surface area (TPSA) is 70.2 Å². The van der Waals surface area contributed by atoms with Crippen molar-refractivity contribution in [2.24, 2.45) is 0 Å². The van der Waals surface area contributed by atoms with Gasteiger partial charge in [-0.25, -0.2) is 0 Å². The van der Waals surface area contributed by atoms with Gasteiger partial charge in [0.2, 0.25) is 11.8 Å². The molecule has 5 nitrogen and oxygen atoms in total. The average molecular weight is 278 g/mol. The number of halogens is 1. The third-order valence-corrected chi connectivity index (χ3v) is 2.78. The first-order valence-electron chi connectivity index (χ1n) is 6.37. The van der Waals surface area contributed by atoms with E-state index < -0.39 is 0 Å². The first kappa shape index (κ1) is 17.2. The van der Waals surface area contributed by atoms with E-state index in [0.29, 0.717) is 12.5 Å². The molecule has 0 aromatic heterocycles. The largest absolute Gasteiger partial charge is 0.352 e. The molecule has 1 saturated heterocycles. The highest BCUT2D eigenvalue weighted by Gasteiger charge is 2.15. The molecule has 0 spiro atoms. The van der Waals surface area contributed by atoms with E-state index >= 15 is 0 Å². The summed E-state index contributed by atoms with van der Waals surface area (Å²) in [5, 5.41) is 8.71. The molecule has 0 aromatic rings. The normalized spacial score (nSPS) is 18.3. The van der Waals surface area contributed by atoms with Crippen molar-refractivity contribution in [3.8, 4) is 0 Å². The number of rotatable bonds is 6. The monoisotopic (exact) mass is 277 g/mol. The Balaban J connectivity index is 0.00000289. The van der Waals surface area contributed by atoms with Gasteiger partial charge in [0.1, 0.15) is 0 Å². The summed E-state index contributed by atoms with van der Waals surface area (Å²) in [5.74, 6) is -0.176. The van der Waals surface area contributed by atoms with Crippen LogP contribution in [0.3, 0.4) is 0 Å². The lowest BCUT2D eigenvalue weighted by atomic mass is 10.1. The second kappa shape index (κ2) is 9.16. The number of nitrogens with one attached hydrogen (secondary N) is 3.